The quantitative estimate of drug-likeness (QED) is 0.697. The van der Waals surface area contributed by atoms with Crippen LogP contribution in [-0.4, -0.2) is 42.9 Å². The van der Waals surface area contributed by atoms with Gasteiger partial charge in [-0.2, -0.15) is 0 Å². The number of amides is 1. The van der Waals surface area contributed by atoms with Crippen LogP contribution in [0, 0.1) is 0 Å². The first-order chi connectivity index (χ1) is 13.2. The monoisotopic (exact) mass is 390 g/mol. The lowest BCUT2D eigenvalue weighted by molar-refractivity contribution is -0.128. The van der Waals surface area contributed by atoms with Gasteiger partial charge in [-0.05, 0) is 50.5 Å². The number of ether oxygens (including phenoxy) is 3. The van der Waals surface area contributed by atoms with Crippen molar-refractivity contribution in [2.75, 3.05) is 25.1 Å². The highest BCUT2D eigenvalue weighted by atomic mass is 32.1. The van der Waals surface area contributed by atoms with E-state index in [9.17, 15) is 4.79 Å². The number of rotatable bonds is 9. The van der Waals surface area contributed by atoms with Gasteiger partial charge in [0.2, 0.25) is 0 Å². The van der Waals surface area contributed by atoms with Crippen molar-refractivity contribution in [1.29, 1.82) is 0 Å². The van der Waals surface area contributed by atoms with Gasteiger partial charge in [0.25, 0.3) is 5.91 Å². The van der Waals surface area contributed by atoms with Crippen LogP contribution in [0.2, 0.25) is 0 Å². The molecule has 2 unspecified atom stereocenters. The Morgan fingerprint density at radius 3 is 2.93 bits per heavy atom. The molecule has 2 heterocycles. The summed E-state index contributed by atoms with van der Waals surface area (Å²) in [4.78, 5) is 16.8. The van der Waals surface area contributed by atoms with Crippen molar-refractivity contribution in [3.63, 3.8) is 0 Å². The lowest BCUT2D eigenvalue weighted by Crippen LogP contribution is -2.30. The molecule has 1 N–H and O–H groups in total. The fraction of sp³-hybridized carbons (Fsp3) is 0.500. The topological polar surface area (TPSA) is 69.7 Å². The van der Waals surface area contributed by atoms with Gasteiger partial charge in [-0.3, -0.25) is 10.1 Å². The maximum Gasteiger partial charge on any atom is 0.254 e. The van der Waals surface area contributed by atoms with Crippen molar-refractivity contribution in [2.24, 2.45) is 0 Å². The van der Waals surface area contributed by atoms with Crippen LogP contribution in [0.4, 0.5) is 5.13 Å². The first kappa shape index (κ1) is 19.8. The van der Waals surface area contributed by atoms with Crippen molar-refractivity contribution in [3.05, 3.63) is 29.6 Å². The number of benzene rings is 1. The predicted molar refractivity (Wildman–Crippen MR) is 106 cm³/mol. The second kappa shape index (κ2) is 9.82. The summed E-state index contributed by atoms with van der Waals surface area (Å²) in [5.41, 5.74) is 1.81. The Morgan fingerprint density at radius 1 is 1.41 bits per heavy atom. The predicted octanol–water partition coefficient (Wildman–Crippen LogP) is 4.12. The minimum atomic E-state index is -0.545. The molecule has 2 aromatic rings. The average molecular weight is 391 g/mol. The highest BCUT2D eigenvalue weighted by Crippen LogP contribution is 2.26. The molecule has 146 valence electrons. The number of carbonyl (C=O) groups excluding carboxylic acids is 1. The van der Waals surface area contributed by atoms with Crippen LogP contribution in [0.25, 0.3) is 11.3 Å². The number of thiazole rings is 1. The average Bonchev–Trinajstić information content (AvgIpc) is 3.37. The molecule has 0 spiro atoms. The van der Waals surface area contributed by atoms with Gasteiger partial charge < -0.3 is 14.2 Å². The molecule has 0 saturated carbocycles. The van der Waals surface area contributed by atoms with Gasteiger partial charge in [0.15, 0.2) is 5.13 Å². The zero-order chi connectivity index (χ0) is 19.1. The molecule has 1 aliphatic heterocycles. The zero-order valence-corrected chi connectivity index (χ0v) is 16.6. The first-order valence-electron chi connectivity index (χ1n) is 9.38. The van der Waals surface area contributed by atoms with E-state index in [4.69, 9.17) is 14.2 Å². The Morgan fingerprint density at radius 2 is 2.22 bits per heavy atom. The second-order valence-corrected chi connectivity index (χ2v) is 7.37. The van der Waals surface area contributed by atoms with E-state index in [1.165, 1.54) is 11.3 Å². The van der Waals surface area contributed by atoms with Crippen molar-refractivity contribution < 1.29 is 19.0 Å². The molecule has 1 amide bonds. The third kappa shape index (κ3) is 5.76. The first-order valence-corrected chi connectivity index (χ1v) is 10.3. The fourth-order valence-electron chi connectivity index (χ4n) is 2.72. The number of hydrogen-bond acceptors (Lipinski definition) is 6. The molecular formula is C20H26N2O4S. The van der Waals surface area contributed by atoms with E-state index in [1.807, 2.05) is 29.6 Å². The van der Waals surface area contributed by atoms with Crippen LogP contribution < -0.4 is 10.1 Å². The molecule has 0 radical (unpaired) electrons. The highest BCUT2D eigenvalue weighted by Gasteiger charge is 2.20. The summed E-state index contributed by atoms with van der Waals surface area (Å²) in [5.74, 6) is 0.652. The summed E-state index contributed by atoms with van der Waals surface area (Å²) in [6.07, 6.45) is 2.59. The van der Waals surface area contributed by atoms with Gasteiger partial charge in [0, 0.05) is 17.6 Å². The summed E-state index contributed by atoms with van der Waals surface area (Å²) >= 11 is 1.40. The highest BCUT2D eigenvalue weighted by molar-refractivity contribution is 7.14. The molecule has 1 aromatic heterocycles. The van der Waals surface area contributed by atoms with Gasteiger partial charge >= 0.3 is 0 Å². The Bertz CT molecular complexity index is 726. The summed E-state index contributed by atoms with van der Waals surface area (Å²) in [7, 11) is 0. The lowest BCUT2D eigenvalue weighted by atomic mass is 10.2. The smallest absolute Gasteiger partial charge is 0.254 e. The number of nitrogens with zero attached hydrogens (tertiary/aromatic N) is 1. The van der Waals surface area contributed by atoms with Crippen molar-refractivity contribution in [2.45, 2.75) is 45.3 Å². The molecule has 1 aromatic carbocycles. The molecule has 3 rings (SSSR count). The fourth-order valence-corrected chi connectivity index (χ4v) is 3.44. The Balaban J connectivity index is 1.51. The molecule has 1 saturated heterocycles. The minimum absolute atomic E-state index is 0.107. The van der Waals surface area contributed by atoms with Crippen LogP contribution >= 0.6 is 11.3 Å². The molecule has 0 bridgehead atoms. The van der Waals surface area contributed by atoms with Gasteiger partial charge in [-0.25, -0.2) is 4.98 Å². The van der Waals surface area contributed by atoms with Crippen molar-refractivity contribution >= 4 is 22.4 Å². The number of aromatic nitrogens is 1. The van der Waals surface area contributed by atoms with E-state index >= 15 is 0 Å². The number of nitrogens with one attached hydrogen (secondary N) is 1. The number of carbonyl (C=O) groups is 1. The van der Waals surface area contributed by atoms with Crippen molar-refractivity contribution in [3.8, 4) is 17.0 Å². The maximum absolute atomic E-state index is 12.3. The molecular weight excluding hydrogens is 364 g/mol. The molecule has 0 aliphatic carbocycles. The number of anilines is 1. The van der Waals surface area contributed by atoms with Gasteiger partial charge in [-0.1, -0.05) is 6.92 Å². The summed E-state index contributed by atoms with van der Waals surface area (Å²) < 4.78 is 16.7. The van der Waals surface area contributed by atoms with Gasteiger partial charge in [0.1, 0.15) is 11.9 Å². The molecule has 27 heavy (non-hydrogen) atoms. The molecule has 7 heteroatoms. The van der Waals surface area contributed by atoms with E-state index in [-0.39, 0.29) is 12.0 Å². The van der Waals surface area contributed by atoms with E-state index in [0.717, 1.165) is 42.9 Å². The zero-order valence-electron chi connectivity index (χ0n) is 15.8. The Kier molecular flexibility index (Phi) is 7.20. The van der Waals surface area contributed by atoms with Crippen molar-refractivity contribution in [1.82, 2.24) is 4.98 Å². The SMILES string of the molecule is CCCOc1ccc(-c2csc(NC(=O)C(C)OCC3CCCO3)n2)cc1. The maximum atomic E-state index is 12.3. The summed E-state index contributed by atoms with van der Waals surface area (Å²) in [5, 5.41) is 5.31. The molecule has 1 fully saturated rings. The summed E-state index contributed by atoms with van der Waals surface area (Å²) in [6, 6.07) is 7.81. The summed E-state index contributed by atoms with van der Waals surface area (Å²) in [6.45, 7) is 5.76. The number of hydrogen-bond donors (Lipinski definition) is 1. The van der Waals surface area contributed by atoms with Crippen LogP contribution in [0.15, 0.2) is 29.6 Å². The Labute approximate surface area is 163 Å². The molecule has 1 aliphatic rings. The lowest BCUT2D eigenvalue weighted by Gasteiger charge is -2.15. The van der Waals surface area contributed by atoms with Gasteiger partial charge in [-0.15, -0.1) is 11.3 Å². The van der Waals surface area contributed by atoms with Crippen LogP contribution in [0.5, 0.6) is 5.75 Å². The van der Waals surface area contributed by atoms with E-state index in [1.54, 1.807) is 6.92 Å². The van der Waals surface area contributed by atoms with E-state index in [0.29, 0.717) is 18.3 Å². The molecule has 6 nitrogen and oxygen atoms in total. The normalized spacial score (nSPS) is 17.6. The second-order valence-electron chi connectivity index (χ2n) is 6.51. The van der Waals surface area contributed by atoms with E-state index < -0.39 is 6.10 Å². The minimum Gasteiger partial charge on any atom is -0.494 e. The third-order valence-electron chi connectivity index (χ3n) is 4.28. The standard InChI is InChI=1S/C20H26N2O4S/c1-3-10-24-16-8-6-15(7-9-16)18-13-27-20(21-18)22-19(23)14(2)26-12-17-5-4-11-25-17/h6-9,13-14,17H,3-5,10-12H2,1-2H3,(H,21,22,23). The largest absolute Gasteiger partial charge is 0.494 e. The van der Waals surface area contributed by atoms with Gasteiger partial charge in [0.05, 0.1) is 25.0 Å². The third-order valence-corrected chi connectivity index (χ3v) is 5.04. The van der Waals surface area contributed by atoms with E-state index in [2.05, 4.69) is 17.2 Å². The Hall–Kier alpha value is -1.96. The van der Waals surface area contributed by atoms with Crippen LogP contribution in [-0.2, 0) is 14.3 Å². The van der Waals surface area contributed by atoms with Crippen LogP contribution in [0.1, 0.15) is 33.1 Å². The molecule has 2 atom stereocenters. The van der Waals surface area contributed by atoms with Crippen LogP contribution in [0.3, 0.4) is 0 Å².